The lowest BCUT2D eigenvalue weighted by Gasteiger charge is -2.34. The molecule has 134 valence electrons. The quantitative estimate of drug-likeness (QED) is 0.791. The molecular weight excluding hydrogens is 324 g/mol. The molecule has 4 rings (SSSR count). The maximum Gasteiger partial charge on any atom is 0.253 e. The number of piperazine rings is 1. The van der Waals surface area contributed by atoms with Crippen LogP contribution in [0.4, 0.5) is 0 Å². The fourth-order valence-electron chi connectivity index (χ4n) is 3.68. The van der Waals surface area contributed by atoms with Crippen molar-refractivity contribution in [2.24, 2.45) is 0 Å². The molecule has 2 heterocycles. The highest BCUT2D eigenvalue weighted by molar-refractivity contribution is 5.94. The Balaban J connectivity index is 1.38. The van der Waals surface area contributed by atoms with Crippen LogP contribution in [0.1, 0.15) is 27.3 Å². The van der Waals surface area contributed by atoms with Gasteiger partial charge in [-0.1, -0.05) is 29.3 Å². The third-order valence-electron chi connectivity index (χ3n) is 4.94. The number of carbonyl (C=O) groups is 1. The maximum absolute atomic E-state index is 12.8. The van der Waals surface area contributed by atoms with Crippen LogP contribution in [-0.2, 0) is 6.54 Å². The zero-order valence-electron chi connectivity index (χ0n) is 15.3. The van der Waals surface area contributed by atoms with Crippen molar-refractivity contribution in [1.82, 2.24) is 19.8 Å². The summed E-state index contributed by atoms with van der Waals surface area (Å²) in [5, 5.41) is 0. The molecule has 1 N–H and O–H groups in total. The fourth-order valence-corrected chi connectivity index (χ4v) is 3.68. The number of aromatic nitrogens is 2. The van der Waals surface area contributed by atoms with E-state index in [0.717, 1.165) is 66.3 Å². The van der Waals surface area contributed by atoms with E-state index in [1.54, 1.807) is 0 Å². The van der Waals surface area contributed by atoms with Gasteiger partial charge < -0.3 is 9.88 Å². The molecule has 0 aliphatic carbocycles. The number of benzene rings is 2. The number of amides is 1. The molecule has 1 fully saturated rings. The van der Waals surface area contributed by atoms with Crippen LogP contribution in [-0.4, -0.2) is 51.9 Å². The predicted octanol–water partition coefficient (Wildman–Crippen LogP) is 3.14. The number of hydrogen-bond acceptors (Lipinski definition) is 3. The number of rotatable bonds is 3. The van der Waals surface area contributed by atoms with Crippen molar-refractivity contribution in [3.8, 4) is 0 Å². The number of hydrogen-bond donors (Lipinski definition) is 1. The Hall–Kier alpha value is -2.66. The van der Waals surface area contributed by atoms with E-state index in [-0.39, 0.29) is 5.91 Å². The zero-order chi connectivity index (χ0) is 18.1. The number of carbonyl (C=O) groups excluding carboxylic acids is 1. The Morgan fingerprint density at radius 2 is 1.73 bits per heavy atom. The van der Waals surface area contributed by atoms with Crippen molar-refractivity contribution in [2.45, 2.75) is 20.4 Å². The normalized spacial score (nSPS) is 15.5. The molecule has 1 aromatic heterocycles. The summed E-state index contributed by atoms with van der Waals surface area (Å²) in [5.74, 6) is 1.13. The Labute approximate surface area is 153 Å². The molecule has 0 bridgehead atoms. The third-order valence-corrected chi connectivity index (χ3v) is 4.94. The second-order valence-electron chi connectivity index (χ2n) is 7.15. The minimum absolute atomic E-state index is 0.139. The molecule has 0 atom stereocenters. The van der Waals surface area contributed by atoms with Gasteiger partial charge in [0.15, 0.2) is 0 Å². The van der Waals surface area contributed by atoms with Gasteiger partial charge >= 0.3 is 0 Å². The lowest BCUT2D eigenvalue weighted by molar-refractivity contribution is 0.0625. The van der Waals surface area contributed by atoms with Gasteiger partial charge in [-0.15, -0.1) is 0 Å². The number of fused-ring (bicyclic) bond motifs is 1. The van der Waals surface area contributed by atoms with E-state index in [9.17, 15) is 4.79 Å². The van der Waals surface area contributed by atoms with Crippen molar-refractivity contribution in [2.75, 3.05) is 26.2 Å². The number of aryl methyl sites for hydroxylation is 2. The fraction of sp³-hybridized carbons (Fsp3) is 0.333. The van der Waals surface area contributed by atoms with E-state index in [0.29, 0.717) is 0 Å². The lowest BCUT2D eigenvalue weighted by atomic mass is 10.1. The summed E-state index contributed by atoms with van der Waals surface area (Å²) in [6.45, 7) is 8.11. The van der Waals surface area contributed by atoms with Crippen LogP contribution in [0.5, 0.6) is 0 Å². The molecule has 5 nitrogen and oxygen atoms in total. The van der Waals surface area contributed by atoms with Crippen LogP contribution in [0, 0.1) is 13.8 Å². The SMILES string of the molecule is Cc1cc(C)cc(C(=O)N2CCN(Cc3nc4ccccc4[nH]3)CC2)c1. The summed E-state index contributed by atoms with van der Waals surface area (Å²) in [6.07, 6.45) is 0. The van der Waals surface area contributed by atoms with E-state index in [4.69, 9.17) is 0 Å². The topological polar surface area (TPSA) is 52.2 Å². The van der Waals surface area contributed by atoms with Crippen LogP contribution in [0.2, 0.25) is 0 Å². The lowest BCUT2D eigenvalue weighted by Crippen LogP contribution is -2.48. The minimum Gasteiger partial charge on any atom is -0.341 e. The van der Waals surface area contributed by atoms with Crippen LogP contribution in [0.15, 0.2) is 42.5 Å². The van der Waals surface area contributed by atoms with E-state index in [2.05, 4.69) is 20.9 Å². The average Bonchev–Trinajstić information content (AvgIpc) is 3.03. The van der Waals surface area contributed by atoms with Gasteiger partial charge in [0, 0.05) is 31.7 Å². The maximum atomic E-state index is 12.8. The number of nitrogens with one attached hydrogen (secondary N) is 1. The number of para-hydroxylation sites is 2. The summed E-state index contributed by atoms with van der Waals surface area (Å²) < 4.78 is 0. The van der Waals surface area contributed by atoms with Gasteiger partial charge in [0.25, 0.3) is 5.91 Å². The largest absolute Gasteiger partial charge is 0.341 e. The molecule has 0 radical (unpaired) electrons. The number of aromatic amines is 1. The molecule has 26 heavy (non-hydrogen) atoms. The highest BCUT2D eigenvalue weighted by Crippen LogP contribution is 2.15. The molecule has 3 aromatic rings. The molecule has 0 unspecified atom stereocenters. The molecule has 1 amide bonds. The van der Waals surface area contributed by atoms with Gasteiger partial charge in [0.1, 0.15) is 5.82 Å². The molecular formula is C21H24N4O. The second-order valence-corrected chi connectivity index (χ2v) is 7.15. The summed E-state index contributed by atoms with van der Waals surface area (Å²) in [5.41, 5.74) is 5.15. The number of nitrogens with zero attached hydrogens (tertiary/aromatic N) is 3. The van der Waals surface area contributed by atoms with Crippen LogP contribution < -0.4 is 0 Å². The average molecular weight is 348 g/mol. The number of imidazole rings is 1. The molecule has 0 spiro atoms. The highest BCUT2D eigenvalue weighted by Gasteiger charge is 2.23. The molecule has 1 aliphatic rings. The van der Waals surface area contributed by atoms with E-state index < -0.39 is 0 Å². The first-order valence-electron chi connectivity index (χ1n) is 9.12. The Morgan fingerprint density at radius 1 is 1.04 bits per heavy atom. The monoisotopic (exact) mass is 348 g/mol. The standard InChI is InChI=1S/C21H24N4O/c1-15-11-16(2)13-17(12-15)21(26)25-9-7-24(8-10-25)14-20-22-18-5-3-4-6-19(18)23-20/h3-6,11-13H,7-10,14H2,1-2H3,(H,22,23). The van der Waals surface area contributed by atoms with E-state index >= 15 is 0 Å². The molecule has 2 aromatic carbocycles. The van der Waals surface area contributed by atoms with Crippen LogP contribution in [0.3, 0.4) is 0 Å². The van der Waals surface area contributed by atoms with Crippen molar-refractivity contribution in [3.63, 3.8) is 0 Å². The van der Waals surface area contributed by atoms with Crippen molar-refractivity contribution in [3.05, 3.63) is 65.0 Å². The van der Waals surface area contributed by atoms with E-state index in [1.165, 1.54) is 0 Å². The summed E-state index contributed by atoms with van der Waals surface area (Å²) in [4.78, 5) is 25.1. The van der Waals surface area contributed by atoms with E-state index in [1.807, 2.05) is 55.1 Å². The minimum atomic E-state index is 0.139. The summed E-state index contributed by atoms with van der Waals surface area (Å²) in [7, 11) is 0. The van der Waals surface area contributed by atoms with Gasteiger partial charge in [-0.3, -0.25) is 9.69 Å². The predicted molar refractivity (Wildman–Crippen MR) is 103 cm³/mol. The van der Waals surface area contributed by atoms with Crippen molar-refractivity contribution < 1.29 is 4.79 Å². The Bertz CT molecular complexity index is 885. The molecule has 0 saturated carbocycles. The molecule has 1 aliphatic heterocycles. The Kier molecular flexibility index (Phi) is 4.47. The van der Waals surface area contributed by atoms with Crippen LogP contribution in [0.25, 0.3) is 11.0 Å². The molecule has 5 heteroatoms. The zero-order valence-corrected chi connectivity index (χ0v) is 15.3. The first-order valence-corrected chi connectivity index (χ1v) is 9.12. The van der Waals surface area contributed by atoms with Gasteiger partial charge in [0.05, 0.1) is 17.6 Å². The van der Waals surface area contributed by atoms with Gasteiger partial charge in [-0.05, 0) is 38.1 Å². The third kappa shape index (κ3) is 3.48. The molecule has 1 saturated heterocycles. The highest BCUT2D eigenvalue weighted by atomic mass is 16.2. The van der Waals surface area contributed by atoms with Crippen LogP contribution >= 0.6 is 0 Å². The van der Waals surface area contributed by atoms with Gasteiger partial charge in [-0.2, -0.15) is 0 Å². The summed E-state index contributed by atoms with van der Waals surface area (Å²) in [6, 6.07) is 14.2. The van der Waals surface area contributed by atoms with Crippen molar-refractivity contribution >= 4 is 16.9 Å². The summed E-state index contributed by atoms with van der Waals surface area (Å²) >= 11 is 0. The first kappa shape index (κ1) is 16.8. The number of H-pyrrole nitrogens is 1. The van der Waals surface area contributed by atoms with Gasteiger partial charge in [0.2, 0.25) is 0 Å². The van der Waals surface area contributed by atoms with Crippen molar-refractivity contribution in [1.29, 1.82) is 0 Å². The second kappa shape index (κ2) is 6.92. The smallest absolute Gasteiger partial charge is 0.253 e. The first-order chi connectivity index (χ1) is 12.6. The van der Waals surface area contributed by atoms with Gasteiger partial charge in [-0.25, -0.2) is 4.98 Å². The Morgan fingerprint density at radius 3 is 2.42 bits per heavy atom.